The Bertz CT molecular complexity index is 1000. The molecule has 8 nitrogen and oxygen atoms in total. The lowest BCUT2D eigenvalue weighted by Gasteiger charge is -2.41. The van der Waals surface area contributed by atoms with Crippen LogP contribution in [0.2, 0.25) is 0 Å². The van der Waals surface area contributed by atoms with Gasteiger partial charge in [-0.25, -0.2) is 4.39 Å². The number of benzene rings is 1. The highest BCUT2D eigenvalue weighted by molar-refractivity contribution is 5.96. The molecule has 0 atom stereocenters. The molecular weight excluding hydrogens is 369 g/mol. The number of amides is 1. The van der Waals surface area contributed by atoms with Crippen LogP contribution in [0.25, 0.3) is 0 Å². The van der Waals surface area contributed by atoms with Crippen LogP contribution in [-0.4, -0.2) is 40.1 Å². The van der Waals surface area contributed by atoms with Crippen molar-refractivity contribution >= 4 is 5.91 Å². The summed E-state index contributed by atoms with van der Waals surface area (Å²) in [6.45, 7) is 4.41. The highest BCUT2D eigenvalue weighted by Crippen LogP contribution is 2.31. The molecule has 3 heterocycles. The summed E-state index contributed by atoms with van der Waals surface area (Å²) in [5, 5.41) is 12.0. The highest BCUT2D eigenvalue weighted by Gasteiger charge is 2.34. The molecule has 148 valence electrons. The molecule has 1 amide bonds. The molecule has 28 heavy (non-hydrogen) atoms. The minimum absolute atomic E-state index is 0.0757. The number of carbonyl (C=O) groups is 1. The van der Waals surface area contributed by atoms with Gasteiger partial charge in [-0.2, -0.15) is 0 Å². The van der Waals surface area contributed by atoms with E-state index >= 15 is 0 Å². The molecule has 0 unspecified atom stereocenters. The van der Waals surface area contributed by atoms with Crippen LogP contribution in [-0.2, 0) is 17.9 Å². The summed E-state index contributed by atoms with van der Waals surface area (Å²) in [5.41, 5.74) is 0.453. The average molecular weight is 389 g/mol. The van der Waals surface area contributed by atoms with Gasteiger partial charge in [0.25, 0.3) is 5.91 Å². The first-order valence-electron chi connectivity index (χ1n) is 8.89. The number of aromatic hydroxyl groups is 1. The fraction of sp³-hybridized carbons (Fsp3) is 0.368. The zero-order valence-electron chi connectivity index (χ0n) is 15.5. The third kappa shape index (κ3) is 2.97. The third-order valence-electron chi connectivity index (χ3n) is 4.87. The van der Waals surface area contributed by atoms with Crippen LogP contribution in [0.3, 0.4) is 0 Å². The Hall–Kier alpha value is -3.07. The van der Waals surface area contributed by atoms with Crippen molar-refractivity contribution in [2.75, 3.05) is 18.5 Å². The zero-order chi connectivity index (χ0) is 20.0. The molecule has 1 aromatic carbocycles. The van der Waals surface area contributed by atoms with E-state index in [0.29, 0.717) is 16.9 Å². The Balaban J connectivity index is 1.80. The number of pyridine rings is 1. The van der Waals surface area contributed by atoms with Gasteiger partial charge in [0.1, 0.15) is 18.2 Å². The molecule has 0 saturated carbocycles. The van der Waals surface area contributed by atoms with Gasteiger partial charge in [-0.05, 0) is 26.0 Å². The van der Waals surface area contributed by atoms with E-state index in [1.54, 1.807) is 5.01 Å². The molecular formula is C19H20FN3O5. The van der Waals surface area contributed by atoms with Crippen LogP contribution < -0.4 is 15.2 Å². The van der Waals surface area contributed by atoms with Gasteiger partial charge in [0.2, 0.25) is 5.43 Å². The fourth-order valence-corrected chi connectivity index (χ4v) is 3.49. The van der Waals surface area contributed by atoms with Crippen LogP contribution in [0.15, 0.2) is 29.2 Å². The monoisotopic (exact) mass is 389 g/mol. The van der Waals surface area contributed by atoms with Crippen LogP contribution in [0.5, 0.6) is 11.5 Å². The minimum Gasteiger partial charge on any atom is -0.502 e. The quantitative estimate of drug-likeness (QED) is 0.857. The van der Waals surface area contributed by atoms with Crippen LogP contribution in [0, 0.1) is 5.82 Å². The average Bonchev–Trinajstić information content (AvgIpc) is 2.65. The van der Waals surface area contributed by atoms with Crippen LogP contribution >= 0.6 is 0 Å². The Kier molecular flexibility index (Phi) is 4.46. The van der Waals surface area contributed by atoms with E-state index in [-0.39, 0.29) is 38.3 Å². The SMILES string of the molecule is CC(C)N1CN(Cc2cc(F)cc3c2OCOC3)n2ccc(=O)c(O)c2C1=O. The number of nitrogens with zero attached hydrogens (tertiary/aromatic N) is 3. The second-order valence-electron chi connectivity index (χ2n) is 7.06. The first kappa shape index (κ1) is 18.3. The van der Waals surface area contributed by atoms with Crippen molar-refractivity contribution < 1.29 is 23.8 Å². The molecule has 0 bridgehead atoms. The normalized spacial score (nSPS) is 16.1. The van der Waals surface area contributed by atoms with Crippen LogP contribution in [0.1, 0.15) is 35.5 Å². The first-order chi connectivity index (χ1) is 13.4. The lowest BCUT2D eigenvalue weighted by atomic mass is 10.1. The Labute approximate surface area is 160 Å². The lowest BCUT2D eigenvalue weighted by molar-refractivity contribution is -0.0173. The Morgan fingerprint density at radius 3 is 2.82 bits per heavy atom. The summed E-state index contributed by atoms with van der Waals surface area (Å²) in [6, 6.07) is 3.77. The van der Waals surface area contributed by atoms with Gasteiger partial charge in [0, 0.05) is 29.4 Å². The maximum atomic E-state index is 14.1. The molecule has 0 saturated heterocycles. The molecule has 2 aliphatic rings. The van der Waals surface area contributed by atoms with Gasteiger partial charge >= 0.3 is 0 Å². The van der Waals surface area contributed by atoms with Gasteiger partial charge in [-0.1, -0.05) is 0 Å². The van der Waals surface area contributed by atoms with Gasteiger partial charge in [0.05, 0.1) is 13.2 Å². The summed E-state index contributed by atoms with van der Waals surface area (Å²) < 4.78 is 26.3. The topological polar surface area (TPSA) is 84.2 Å². The molecule has 1 N–H and O–H groups in total. The van der Waals surface area contributed by atoms with Gasteiger partial charge in [-0.15, -0.1) is 0 Å². The van der Waals surface area contributed by atoms with Crippen molar-refractivity contribution in [2.24, 2.45) is 0 Å². The number of aromatic nitrogens is 1. The molecule has 9 heteroatoms. The summed E-state index contributed by atoms with van der Waals surface area (Å²) in [6.07, 6.45) is 1.43. The van der Waals surface area contributed by atoms with Gasteiger partial charge < -0.3 is 19.5 Å². The second kappa shape index (κ2) is 6.83. The molecule has 2 aromatic rings. The zero-order valence-corrected chi connectivity index (χ0v) is 15.5. The number of hydrogen-bond donors (Lipinski definition) is 1. The maximum Gasteiger partial charge on any atom is 0.278 e. The van der Waals surface area contributed by atoms with Crippen molar-refractivity contribution in [1.82, 2.24) is 9.58 Å². The smallest absolute Gasteiger partial charge is 0.278 e. The number of rotatable bonds is 3. The van der Waals surface area contributed by atoms with E-state index < -0.39 is 22.9 Å². The number of fused-ring (bicyclic) bond motifs is 2. The second-order valence-corrected chi connectivity index (χ2v) is 7.06. The van der Waals surface area contributed by atoms with Crippen molar-refractivity contribution in [3.8, 4) is 11.5 Å². The number of ether oxygens (including phenoxy) is 2. The predicted octanol–water partition coefficient (Wildman–Crippen LogP) is 1.52. The van der Waals surface area contributed by atoms with Crippen molar-refractivity contribution in [2.45, 2.75) is 33.0 Å². The molecule has 1 aromatic heterocycles. The van der Waals surface area contributed by atoms with Crippen molar-refractivity contribution in [1.29, 1.82) is 0 Å². The Morgan fingerprint density at radius 1 is 1.29 bits per heavy atom. The minimum atomic E-state index is -0.631. The van der Waals surface area contributed by atoms with E-state index in [4.69, 9.17) is 9.47 Å². The highest BCUT2D eigenvalue weighted by atomic mass is 19.1. The largest absolute Gasteiger partial charge is 0.502 e. The molecule has 0 fully saturated rings. The van der Waals surface area contributed by atoms with E-state index in [1.165, 1.54) is 34.0 Å². The molecule has 0 aliphatic carbocycles. The van der Waals surface area contributed by atoms with E-state index in [2.05, 4.69) is 0 Å². The fourth-order valence-electron chi connectivity index (χ4n) is 3.49. The van der Waals surface area contributed by atoms with E-state index in [9.17, 15) is 19.1 Å². The van der Waals surface area contributed by atoms with Crippen molar-refractivity contribution in [3.05, 3.63) is 57.3 Å². The summed E-state index contributed by atoms with van der Waals surface area (Å²) in [4.78, 5) is 26.2. The van der Waals surface area contributed by atoms with Crippen LogP contribution in [0.4, 0.5) is 4.39 Å². The van der Waals surface area contributed by atoms with Gasteiger partial charge in [0.15, 0.2) is 18.2 Å². The summed E-state index contributed by atoms with van der Waals surface area (Å²) in [7, 11) is 0. The molecule has 0 radical (unpaired) electrons. The standard InChI is InChI=1S/C19H20FN3O5/c1-11(2)22-9-21(23-4-3-15(24)17(25)16(23)19(22)26)7-12-5-14(20)6-13-8-27-10-28-18(12)13/h3-6,11,25H,7-10H2,1-2H3. The lowest BCUT2D eigenvalue weighted by Crippen LogP contribution is -2.55. The maximum absolute atomic E-state index is 14.1. The third-order valence-corrected chi connectivity index (χ3v) is 4.87. The molecule has 0 spiro atoms. The number of carbonyl (C=O) groups excluding carboxylic acids is 1. The number of halogens is 1. The first-order valence-corrected chi connectivity index (χ1v) is 8.89. The Morgan fingerprint density at radius 2 is 2.07 bits per heavy atom. The summed E-state index contributed by atoms with van der Waals surface area (Å²) in [5.74, 6) is -0.909. The van der Waals surface area contributed by atoms with E-state index in [1.807, 2.05) is 13.8 Å². The molecule has 2 aliphatic heterocycles. The van der Waals surface area contributed by atoms with Crippen molar-refractivity contribution in [3.63, 3.8) is 0 Å². The summed E-state index contributed by atoms with van der Waals surface area (Å²) >= 11 is 0. The molecule has 4 rings (SSSR count). The van der Waals surface area contributed by atoms with E-state index in [0.717, 1.165) is 0 Å². The number of hydrogen-bond acceptors (Lipinski definition) is 6. The predicted molar refractivity (Wildman–Crippen MR) is 97.1 cm³/mol. The van der Waals surface area contributed by atoms with Gasteiger partial charge in [-0.3, -0.25) is 19.3 Å².